The fraction of sp³-hybridized carbons (Fsp3) is 0.143. The van der Waals surface area contributed by atoms with Crippen molar-refractivity contribution < 1.29 is 13.3 Å². The van der Waals surface area contributed by atoms with Crippen LogP contribution >= 0.6 is 11.6 Å². The van der Waals surface area contributed by atoms with Crippen LogP contribution in [-0.4, -0.2) is 20.4 Å². The van der Waals surface area contributed by atoms with Crippen LogP contribution in [0.25, 0.3) is 0 Å². The molecule has 0 atom stereocenters. The molecule has 2 rings (SSSR count). The zero-order valence-electron chi connectivity index (χ0n) is 12.1. The van der Waals surface area contributed by atoms with Gasteiger partial charge in [0.2, 0.25) is 10.0 Å². The van der Waals surface area contributed by atoms with Crippen LogP contribution in [0.1, 0.15) is 5.56 Å². The van der Waals surface area contributed by atoms with Crippen molar-refractivity contribution in [3.8, 4) is 0 Å². The van der Waals surface area contributed by atoms with E-state index in [-0.39, 0.29) is 22.8 Å². The lowest BCUT2D eigenvalue weighted by Crippen LogP contribution is -2.18. The van der Waals surface area contributed by atoms with Gasteiger partial charge in [0.15, 0.2) is 0 Å². The number of benzene rings is 2. The minimum Gasteiger partial charge on any atom is -0.375 e. The summed E-state index contributed by atoms with van der Waals surface area (Å²) in [7, 11) is -2.51. The van der Waals surface area contributed by atoms with E-state index in [2.05, 4.69) is 10.0 Å². The van der Waals surface area contributed by atoms with Crippen molar-refractivity contribution in [2.45, 2.75) is 11.4 Å². The molecule has 0 aliphatic heterocycles. The van der Waals surface area contributed by atoms with Crippen molar-refractivity contribution in [2.24, 2.45) is 0 Å². The van der Waals surface area contributed by atoms with Gasteiger partial charge in [-0.05, 0) is 30.8 Å². The minimum atomic E-state index is -3.75. The summed E-state index contributed by atoms with van der Waals surface area (Å²) in [6.07, 6.45) is 0. The van der Waals surface area contributed by atoms with Gasteiger partial charge in [-0.1, -0.05) is 29.8 Å². The van der Waals surface area contributed by atoms with Gasteiger partial charge in [0.1, 0.15) is 5.69 Å². The van der Waals surface area contributed by atoms with Crippen LogP contribution in [-0.2, 0) is 16.6 Å². The molecule has 0 unspecified atom stereocenters. The van der Waals surface area contributed by atoms with Crippen LogP contribution in [0.15, 0.2) is 47.4 Å². The Bertz CT molecular complexity index is 840. The van der Waals surface area contributed by atoms with E-state index in [4.69, 9.17) is 11.6 Å². The van der Waals surface area contributed by atoms with E-state index < -0.39 is 14.9 Å². The summed E-state index contributed by atoms with van der Waals surface area (Å²) < 4.78 is 25.6. The molecule has 2 aromatic carbocycles. The summed E-state index contributed by atoms with van der Waals surface area (Å²) in [6, 6.07) is 10.8. The SMILES string of the molecule is CNS(=O)(=O)c1ccc(NCc2ccccc2Cl)c([N+](=O)[O-])c1. The van der Waals surface area contributed by atoms with Crippen LogP contribution < -0.4 is 10.0 Å². The molecule has 23 heavy (non-hydrogen) atoms. The lowest BCUT2D eigenvalue weighted by atomic mass is 10.2. The molecule has 0 aliphatic rings. The predicted molar refractivity (Wildman–Crippen MR) is 88.1 cm³/mol. The zero-order chi connectivity index (χ0) is 17.0. The molecule has 0 heterocycles. The van der Waals surface area contributed by atoms with Crippen LogP contribution in [0.3, 0.4) is 0 Å². The van der Waals surface area contributed by atoms with Gasteiger partial charge in [0.05, 0.1) is 9.82 Å². The maximum absolute atomic E-state index is 11.7. The molecule has 0 saturated heterocycles. The summed E-state index contributed by atoms with van der Waals surface area (Å²) in [5.74, 6) is 0. The maximum Gasteiger partial charge on any atom is 0.293 e. The highest BCUT2D eigenvalue weighted by atomic mass is 35.5. The second-order valence-electron chi connectivity index (χ2n) is 4.59. The number of anilines is 1. The fourth-order valence-electron chi connectivity index (χ4n) is 1.93. The molecule has 7 nitrogen and oxygen atoms in total. The third kappa shape index (κ3) is 3.98. The van der Waals surface area contributed by atoms with Gasteiger partial charge in [0.25, 0.3) is 5.69 Å². The molecule has 2 aromatic rings. The van der Waals surface area contributed by atoms with Crippen LogP contribution in [0.2, 0.25) is 5.02 Å². The summed E-state index contributed by atoms with van der Waals surface area (Å²) in [6.45, 7) is 0.276. The van der Waals surface area contributed by atoms with Gasteiger partial charge in [-0.3, -0.25) is 10.1 Å². The van der Waals surface area contributed by atoms with Crippen molar-refractivity contribution in [1.29, 1.82) is 0 Å². The highest BCUT2D eigenvalue weighted by Crippen LogP contribution is 2.28. The van der Waals surface area contributed by atoms with Crippen molar-refractivity contribution in [2.75, 3.05) is 12.4 Å². The predicted octanol–water partition coefficient (Wildman–Crippen LogP) is 2.77. The maximum atomic E-state index is 11.7. The highest BCUT2D eigenvalue weighted by Gasteiger charge is 2.20. The van der Waals surface area contributed by atoms with Gasteiger partial charge in [-0.25, -0.2) is 13.1 Å². The summed E-state index contributed by atoms with van der Waals surface area (Å²) >= 11 is 6.04. The van der Waals surface area contributed by atoms with E-state index in [1.807, 2.05) is 0 Å². The molecule has 122 valence electrons. The molecule has 0 amide bonds. The number of rotatable bonds is 6. The monoisotopic (exact) mass is 355 g/mol. The van der Waals surface area contributed by atoms with E-state index in [1.54, 1.807) is 24.3 Å². The van der Waals surface area contributed by atoms with E-state index in [9.17, 15) is 18.5 Å². The second-order valence-corrected chi connectivity index (χ2v) is 6.88. The van der Waals surface area contributed by atoms with Crippen molar-refractivity contribution in [3.63, 3.8) is 0 Å². The Morgan fingerprint density at radius 2 is 1.91 bits per heavy atom. The number of halogens is 1. The number of nitrogens with zero attached hydrogens (tertiary/aromatic N) is 1. The first kappa shape index (κ1) is 17.2. The lowest BCUT2D eigenvalue weighted by molar-refractivity contribution is -0.384. The second kappa shape index (κ2) is 6.95. The first-order valence-corrected chi connectivity index (χ1v) is 8.40. The van der Waals surface area contributed by atoms with Crippen molar-refractivity contribution in [1.82, 2.24) is 4.72 Å². The van der Waals surface area contributed by atoms with Gasteiger partial charge in [0, 0.05) is 17.6 Å². The topological polar surface area (TPSA) is 101 Å². The Morgan fingerprint density at radius 1 is 1.22 bits per heavy atom. The Kier molecular flexibility index (Phi) is 5.19. The quantitative estimate of drug-likeness (QED) is 0.612. The lowest BCUT2D eigenvalue weighted by Gasteiger charge is -2.10. The number of hydrogen-bond acceptors (Lipinski definition) is 5. The third-order valence-electron chi connectivity index (χ3n) is 3.17. The molecule has 0 bridgehead atoms. The van der Waals surface area contributed by atoms with Crippen molar-refractivity contribution >= 4 is 33.0 Å². The van der Waals surface area contributed by atoms with Crippen LogP contribution in [0.4, 0.5) is 11.4 Å². The fourth-order valence-corrected chi connectivity index (χ4v) is 2.88. The third-order valence-corrected chi connectivity index (χ3v) is 4.95. The summed E-state index contributed by atoms with van der Waals surface area (Å²) in [5, 5.41) is 14.6. The number of nitro benzene ring substituents is 1. The van der Waals surface area contributed by atoms with Crippen LogP contribution in [0, 0.1) is 10.1 Å². The Morgan fingerprint density at radius 3 is 2.52 bits per heavy atom. The minimum absolute atomic E-state index is 0.171. The average molecular weight is 356 g/mol. The summed E-state index contributed by atoms with van der Waals surface area (Å²) in [4.78, 5) is 10.4. The van der Waals surface area contributed by atoms with E-state index >= 15 is 0 Å². The van der Waals surface area contributed by atoms with Gasteiger partial charge in [-0.15, -0.1) is 0 Å². The summed E-state index contributed by atoms with van der Waals surface area (Å²) in [5.41, 5.74) is 0.661. The Balaban J connectivity index is 2.32. The number of nitrogens with one attached hydrogen (secondary N) is 2. The van der Waals surface area contributed by atoms with E-state index in [0.717, 1.165) is 11.6 Å². The standard InChI is InChI=1S/C14H14ClN3O4S/c1-16-23(21,22)11-6-7-13(14(8-11)18(19)20)17-9-10-4-2-3-5-12(10)15/h2-8,16-17H,9H2,1H3. The van der Waals surface area contributed by atoms with Gasteiger partial charge >= 0.3 is 0 Å². The Labute approximate surface area is 138 Å². The average Bonchev–Trinajstić information content (AvgIpc) is 2.53. The molecule has 0 saturated carbocycles. The first-order chi connectivity index (χ1) is 10.8. The molecule has 9 heteroatoms. The highest BCUT2D eigenvalue weighted by molar-refractivity contribution is 7.89. The molecule has 0 aromatic heterocycles. The van der Waals surface area contributed by atoms with Crippen LogP contribution in [0.5, 0.6) is 0 Å². The number of nitro groups is 1. The zero-order valence-corrected chi connectivity index (χ0v) is 13.7. The van der Waals surface area contributed by atoms with E-state index in [0.29, 0.717) is 5.02 Å². The van der Waals surface area contributed by atoms with Gasteiger partial charge < -0.3 is 5.32 Å². The number of sulfonamides is 1. The smallest absolute Gasteiger partial charge is 0.293 e. The normalized spacial score (nSPS) is 11.2. The first-order valence-electron chi connectivity index (χ1n) is 6.54. The van der Waals surface area contributed by atoms with Crippen molar-refractivity contribution in [3.05, 3.63) is 63.2 Å². The molecule has 0 fully saturated rings. The Hall–Kier alpha value is -2.16. The molecule has 0 spiro atoms. The molecular formula is C14H14ClN3O4S. The molecule has 0 radical (unpaired) electrons. The van der Waals surface area contributed by atoms with Gasteiger partial charge in [-0.2, -0.15) is 0 Å². The largest absolute Gasteiger partial charge is 0.375 e. The number of hydrogen-bond donors (Lipinski definition) is 2. The molecule has 2 N–H and O–H groups in total. The molecule has 0 aliphatic carbocycles. The molecular weight excluding hydrogens is 342 g/mol. The van der Waals surface area contributed by atoms with E-state index in [1.165, 1.54) is 19.2 Å².